The number of aliphatic hydroxyl groups excluding tert-OH is 1. The molecule has 0 spiro atoms. The first-order chi connectivity index (χ1) is 35.6. The monoisotopic (exact) mass is 972 g/mol. The minimum Gasteiger partial charge on any atom is -0.374 e. The SMILES string of the molecule is OC1O[C@H](CO[C@H]2O[C@H](COCc3ccccc3)[C@@H](OCc3ccccc3)[C@H](OCc3ccccc3)[C@@H]2OCc2ccccc2)[C@@H](OCc2ccccc2)[C@H](OCc2ccccc2)[C@H]1OCc1ccccc1. The quantitative estimate of drug-likeness (QED) is 0.0591. The minimum absolute atomic E-state index is 0.0957. The Kier molecular flexibility index (Phi) is 19.3. The van der Waals surface area contributed by atoms with Crippen molar-refractivity contribution < 1.29 is 52.5 Å². The average Bonchev–Trinajstić information content (AvgIpc) is 3.44. The molecule has 0 aromatic heterocycles. The molecule has 0 radical (unpaired) electrons. The number of aliphatic hydroxyl groups is 1. The van der Waals surface area contributed by atoms with Crippen LogP contribution in [-0.4, -0.2) is 79.7 Å². The van der Waals surface area contributed by atoms with E-state index in [1.807, 2.05) is 212 Å². The van der Waals surface area contributed by atoms with Gasteiger partial charge in [-0.1, -0.05) is 212 Å². The van der Waals surface area contributed by atoms with E-state index in [-0.39, 0.29) is 52.9 Å². The predicted molar refractivity (Wildman–Crippen MR) is 272 cm³/mol. The number of rotatable bonds is 25. The Labute approximate surface area is 423 Å². The van der Waals surface area contributed by atoms with E-state index in [0.717, 1.165) is 38.9 Å². The Balaban J connectivity index is 1.04. The summed E-state index contributed by atoms with van der Waals surface area (Å²) < 4.78 is 67.9. The molecule has 11 heteroatoms. The number of benzene rings is 7. The van der Waals surface area contributed by atoms with Crippen LogP contribution >= 0.6 is 0 Å². The predicted octanol–water partition coefficient (Wildman–Crippen LogP) is 10.2. The van der Waals surface area contributed by atoms with Crippen LogP contribution < -0.4 is 0 Å². The molecule has 0 saturated carbocycles. The third-order valence-electron chi connectivity index (χ3n) is 12.7. The summed E-state index contributed by atoms with van der Waals surface area (Å²) in [5.41, 5.74) is 6.80. The summed E-state index contributed by atoms with van der Waals surface area (Å²) in [5, 5.41) is 12.0. The molecule has 10 atom stereocenters. The van der Waals surface area contributed by atoms with Crippen molar-refractivity contribution in [3.05, 3.63) is 251 Å². The van der Waals surface area contributed by atoms with Gasteiger partial charge in [-0.25, -0.2) is 0 Å². The average molecular weight is 973 g/mol. The van der Waals surface area contributed by atoms with Gasteiger partial charge in [0.1, 0.15) is 48.8 Å². The van der Waals surface area contributed by atoms with Gasteiger partial charge in [0.15, 0.2) is 12.6 Å². The van der Waals surface area contributed by atoms with Crippen LogP contribution in [0.5, 0.6) is 0 Å². The minimum atomic E-state index is -1.41. The molecule has 2 aliphatic heterocycles. The van der Waals surface area contributed by atoms with Crippen LogP contribution in [0.25, 0.3) is 0 Å². The van der Waals surface area contributed by atoms with E-state index in [4.69, 9.17) is 47.4 Å². The smallest absolute Gasteiger partial charge is 0.187 e. The molecule has 0 aliphatic carbocycles. The fourth-order valence-corrected chi connectivity index (χ4v) is 8.97. The second-order valence-corrected chi connectivity index (χ2v) is 18.0. The molecule has 9 rings (SSSR count). The molecule has 72 heavy (non-hydrogen) atoms. The lowest BCUT2D eigenvalue weighted by molar-refractivity contribution is -0.349. The second kappa shape index (κ2) is 27.2. The Hall–Kier alpha value is -5.90. The standard InChI is InChI=1S/C61H64O11/c62-60-58(68-41-50-32-18-6-19-33-50)56(66-39-48-28-14-4-15-29-48)55(65-38-47-26-12-3-13-27-47)53(71-60)44-70-61-59(69-42-51-34-20-7-21-35-51)57(67-40-49-30-16-5-17-31-49)54(64-37-46-24-10-2-11-25-46)52(72-61)43-63-36-45-22-8-1-9-23-45/h1-35,52-62H,36-44H2/t52-,53-,54-,55-,56+,57+,58-,59+,60?,61+/m1/s1. The summed E-state index contributed by atoms with van der Waals surface area (Å²) in [6.07, 6.45) is -8.74. The first-order valence-corrected chi connectivity index (χ1v) is 24.8. The second-order valence-electron chi connectivity index (χ2n) is 18.0. The topological polar surface area (TPSA) is 113 Å². The van der Waals surface area contributed by atoms with E-state index in [2.05, 4.69) is 0 Å². The molecule has 2 fully saturated rings. The van der Waals surface area contributed by atoms with Gasteiger partial charge in [-0.2, -0.15) is 0 Å². The van der Waals surface area contributed by atoms with Crippen molar-refractivity contribution in [3.8, 4) is 0 Å². The summed E-state index contributed by atoms with van der Waals surface area (Å²) in [6.45, 7) is 1.89. The summed E-state index contributed by atoms with van der Waals surface area (Å²) in [4.78, 5) is 0. The Morgan fingerprint density at radius 2 is 0.556 bits per heavy atom. The van der Waals surface area contributed by atoms with Crippen molar-refractivity contribution in [2.75, 3.05) is 13.2 Å². The first kappa shape index (κ1) is 51.0. The maximum Gasteiger partial charge on any atom is 0.187 e. The molecule has 374 valence electrons. The van der Waals surface area contributed by atoms with Gasteiger partial charge in [-0.3, -0.25) is 0 Å². The van der Waals surface area contributed by atoms with Crippen molar-refractivity contribution in [1.82, 2.24) is 0 Å². The zero-order valence-corrected chi connectivity index (χ0v) is 40.4. The van der Waals surface area contributed by atoms with Gasteiger partial charge in [0.25, 0.3) is 0 Å². The van der Waals surface area contributed by atoms with Crippen molar-refractivity contribution in [3.63, 3.8) is 0 Å². The number of hydrogen-bond acceptors (Lipinski definition) is 11. The molecule has 7 aromatic rings. The van der Waals surface area contributed by atoms with Crippen molar-refractivity contribution >= 4 is 0 Å². The lowest BCUT2D eigenvalue weighted by Crippen LogP contribution is -2.63. The zero-order valence-electron chi connectivity index (χ0n) is 40.4. The molecule has 2 aliphatic rings. The van der Waals surface area contributed by atoms with Crippen LogP contribution in [0.2, 0.25) is 0 Å². The fourth-order valence-electron chi connectivity index (χ4n) is 8.97. The van der Waals surface area contributed by atoms with Crippen LogP contribution in [-0.2, 0) is 93.6 Å². The summed E-state index contributed by atoms with van der Waals surface area (Å²) in [5.74, 6) is 0. The molecule has 0 bridgehead atoms. The molecule has 7 aromatic carbocycles. The zero-order chi connectivity index (χ0) is 49.0. The molecule has 11 nitrogen and oxygen atoms in total. The molecule has 2 saturated heterocycles. The van der Waals surface area contributed by atoms with Crippen LogP contribution in [0.15, 0.2) is 212 Å². The number of hydrogen-bond donors (Lipinski definition) is 1. The Morgan fingerprint density at radius 1 is 0.278 bits per heavy atom. The van der Waals surface area contributed by atoms with Gasteiger partial charge in [-0.05, 0) is 38.9 Å². The lowest BCUT2D eigenvalue weighted by atomic mass is 9.97. The van der Waals surface area contributed by atoms with Crippen molar-refractivity contribution in [2.45, 2.75) is 108 Å². The normalized spacial score (nSPS) is 24.2. The van der Waals surface area contributed by atoms with Gasteiger partial charge in [-0.15, -0.1) is 0 Å². The maximum atomic E-state index is 12.0. The van der Waals surface area contributed by atoms with E-state index in [1.54, 1.807) is 0 Å². The summed E-state index contributed by atoms with van der Waals surface area (Å²) in [6, 6.07) is 69.7. The Bertz CT molecular complexity index is 2550. The molecular formula is C61H64O11. The van der Waals surface area contributed by atoms with Gasteiger partial charge >= 0.3 is 0 Å². The van der Waals surface area contributed by atoms with Crippen molar-refractivity contribution in [2.24, 2.45) is 0 Å². The van der Waals surface area contributed by atoms with E-state index in [1.165, 1.54) is 0 Å². The molecule has 2 heterocycles. The number of ether oxygens (including phenoxy) is 10. The highest BCUT2D eigenvalue weighted by atomic mass is 16.7. The highest BCUT2D eigenvalue weighted by molar-refractivity contribution is 5.19. The molecular weight excluding hydrogens is 909 g/mol. The summed E-state index contributed by atoms with van der Waals surface area (Å²) in [7, 11) is 0. The summed E-state index contributed by atoms with van der Waals surface area (Å²) >= 11 is 0. The largest absolute Gasteiger partial charge is 0.374 e. The fraction of sp³-hybridized carbons (Fsp3) is 0.311. The van der Waals surface area contributed by atoms with Gasteiger partial charge in [0, 0.05) is 0 Å². The van der Waals surface area contributed by atoms with Crippen molar-refractivity contribution in [1.29, 1.82) is 0 Å². The van der Waals surface area contributed by atoms with E-state index in [9.17, 15) is 5.11 Å². The highest BCUT2D eigenvalue weighted by Gasteiger charge is 2.52. The third kappa shape index (κ3) is 14.8. The van der Waals surface area contributed by atoms with Gasteiger partial charge < -0.3 is 52.5 Å². The highest BCUT2D eigenvalue weighted by Crippen LogP contribution is 2.34. The van der Waals surface area contributed by atoms with Crippen LogP contribution in [0.1, 0.15) is 38.9 Å². The molecule has 0 amide bonds. The Morgan fingerprint density at radius 3 is 0.917 bits per heavy atom. The van der Waals surface area contributed by atoms with E-state index in [0.29, 0.717) is 6.61 Å². The lowest BCUT2D eigenvalue weighted by Gasteiger charge is -2.47. The maximum absolute atomic E-state index is 12.0. The third-order valence-corrected chi connectivity index (χ3v) is 12.7. The van der Waals surface area contributed by atoms with Crippen LogP contribution in [0, 0.1) is 0 Å². The van der Waals surface area contributed by atoms with Crippen LogP contribution in [0.3, 0.4) is 0 Å². The van der Waals surface area contributed by atoms with Gasteiger partial charge in [0.2, 0.25) is 0 Å². The molecule has 1 N–H and O–H groups in total. The first-order valence-electron chi connectivity index (χ1n) is 24.8. The van der Waals surface area contributed by atoms with E-state index < -0.39 is 61.4 Å². The molecule has 1 unspecified atom stereocenters. The van der Waals surface area contributed by atoms with Crippen LogP contribution in [0.4, 0.5) is 0 Å². The van der Waals surface area contributed by atoms with Gasteiger partial charge in [0.05, 0.1) is 59.5 Å². The van der Waals surface area contributed by atoms with E-state index >= 15 is 0 Å².